The lowest BCUT2D eigenvalue weighted by Crippen LogP contribution is -2.60. The van der Waals surface area contributed by atoms with Gasteiger partial charge in [0.2, 0.25) is 5.91 Å². The van der Waals surface area contributed by atoms with E-state index in [1.165, 1.54) is 26.7 Å². The van der Waals surface area contributed by atoms with E-state index in [0.717, 1.165) is 25.7 Å². The van der Waals surface area contributed by atoms with Gasteiger partial charge in [-0.15, -0.1) is 11.3 Å². The number of fused-ring (bicyclic) bond motifs is 2. The van der Waals surface area contributed by atoms with E-state index >= 15 is 0 Å². The molecular formula is C22H24N2O4S. The van der Waals surface area contributed by atoms with Crippen molar-refractivity contribution in [3.8, 4) is 0 Å². The smallest absolute Gasteiger partial charge is 0.349 e. The predicted octanol–water partition coefficient (Wildman–Crippen LogP) is 3.94. The van der Waals surface area contributed by atoms with Crippen molar-refractivity contribution in [3.05, 3.63) is 45.6 Å². The van der Waals surface area contributed by atoms with Crippen LogP contribution in [-0.2, 0) is 27.2 Å². The highest BCUT2D eigenvalue weighted by molar-refractivity contribution is 7.14. The lowest BCUT2D eigenvalue weighted by atomic mass is 9.95. The third-order valence-electron chi connectivity index (χ3n) is 5.56. The predicted molar refractivity (Wildman–Crippen MR) is 112 cm³/mol. The Kier molecular flexibility index (Phi) is 4.94. The number of rotatable bonds is 3. The highest BCUT2D eigenvalue weighted by Gasteiger charge is 2.45. The van der Waals surface area contributed by atoms with Crippen LogP contribution in [0.1, 0.15) is 53.7 Å². The summed E-state index contributed by atoms with van der Waals surface area (Å²) in [5.41, 5.74) is 1.27. The second kappa shape index (κ2) is 7.30. The number of thiophene rings is 1. The minimum absolute atomic E-state index is 0.283. The molecule has 7 heteroatoms. The Morgan fingerprint density at radius 1 is 1.21 bits per heavy atom. The molecular weight excluding hydrogens is 388 g/mol. The van der Waals surface area contributed by atoms with E-state index in [2.05, 4.69) is 5.32 Å². The van der Waals surface area contributed by atoms with Gasteiger partial charge in [-0.25, -0.2) is 4.79 Å². The summed E-state index contributed by atoms with van der Waals surface area (Å²) in [6, 6.07) is 9.01. The topological polar surface area (TPSA) is 75.7 Å². The number of benzene rings is 1. The lowest BCUT2D eigenvalue weighted by Gasteiger charge is -2.42. The molecule has 2 heterocycles. The molecule has 4 rings (SSSR count). The van der Waals surface area contributed by atoms with E-state index < -0.39 is 23.5 Å². The van der Waals surface area contributed by atoms with Crippen LogP contribution in [0.25, 0.3) is 0 Å². The molecule has 1 aromatic carbocycles. The fraction of sp³-hybridized carbons (Fsp3) is 0.409. The van der Waals surface area contributed by atoms with E-state index in [-0.39, 0.29) is 5.91 Å². The molecule has 1 aliphatic carbocycles. The number of aryl methyl sites for hydroxylation is 2. The van der Waals surface area contributed by atoms with Crippen LogP contribution in [-0.4, -0.2) is 29.4 Å². The molecule has 1 aromatic heterocycles. The Hall–Kier alpha value is -2.67. The van der Waals surface area contributed by atoms with Gasteiger partial charge in [0.1, 0.15) is 10.4 Å². The summed E-state index contributed by atoms with van der Waals surface area (Å²) < 4.78 is 5.52. The van der Waals surface area contributed by atoms with Crippen molar-refractivity contribution in [1.82, 2.24) is 0 Å². The van der Waals surface area contributed by atoms with Gasteiger partial charge in [0.15, 0.2) is 6.10 Å². The standard InChI is InChI=1S/C22H24N2O4S/c1-13(28-20(26)18-12-14-8-4-7-11-17(14)29-18)19(25)24-16-10-6-5-9-15(16)23-21(27)22(24,2)3/h5-6,9-10,12-13H,4,7-8,11H2,1-3H3,(H,23,27)/t13-/m0/s1. The molecule has 1 atom stereocenters. The number of hydrogen-bond acceptors (Lipinski definition) is 5. The van der Waals surface area contributed by atoms with Crippen molar-refractivity contribution in [2.75, 3.05) is 10.2 Å². The maximum Gasteiger partial charge on any atom is 0.349 e. The minimum atomic E-state index is -1.10. The van der Waals surface area contributed by atoms with Crippen LogP contribution in [0.3, 0.4) is 0 Å². The van der Waals surface area contributed by atoms with Gasteiger partial charge >= 0.3 is 5.97 Å². The SMILES string of the molecule is C[C@H](OC(=O)c1cc2c(s1)CCCC2)C(=O)N1c2ccccc2NC(=O)C1(C)C. The van der Waals surface area contributed by atoms with E-state index in [4.69, 9.17) is 4.74 Å². The zero-order valence-corrected chi connectivity index (χ0v) is 17.6. The van der Waals surface area contributed by atoms with Crippen molar-refractivity contribution in [2.24, 2.45) is 0 Å². The van der Waals surface area contributed by atoms with Gasteiger partial charge in [0, 0.05) is 4.88 Å². The first kappa shape index (κ1) is 19.6. The zero-order chi connectivity index (χ0) is 20.8. The fourth-order valence-corrected chi connectivity index (χ4v) is 5.03. The molecule has 1 aliphatic heterocycles. The van der Waals surface area contributed by atoms with Crippen LogP contribution < -0.4 is 10.2 Å². The van der Waals surface area contributed by atoms with Crippen LogP contribution in [0.15, 0.2) is 30.3 Å². The molecule has 0 spiro atoms. The number of anilines is 2. The molecule has 152 valence electrons. The summed E-state index contributed by atoms with van der Waals surface area (Å²) in [5, 5.41) is 2.83. The number of hydrogen-bond donors (Lipinski definition) is 1. The third kappa shape index (κ3) is 3.44. The van der Waals surface area contributed by atoms with E-state index in [1.54, 1.807) is 45.0 Å². The number of nitrogens with zero attached hydrogens (tertiary/aromatic N) is 1. The number of para-hydroxylation sites is 2. The molecule has 0 saturated heterocycles. The van der Waals surface area contributed by atoms with Gasteiger partial charge in [-0.05, 0) is 70.2 Å². The summed E-state index contributed by atoms with van der Waals surface area (Å²) in [6.45, 7) is 4.91. The van der Waals surface area contributed by atoms with Crippen molar-refractivity contribution >= 4 is 40.5 Å². The van der Waals surface area contributed by atoms with Crippen molar-refractivity contribution in [3.63, 3.8) is 0 Å². The molecule has 2 amide bonds. The molecule has 0 unspecified atom stereocenters. The van der Waals surface area contributed by atoms with Crippen molar-refractivity contribution in [2.45, 2.75) is 58.1 Å². The maximum absolute atomic E-state index is 13.3. The average Bonchev–Trinajstić information content (AvgIpc) is 3.13. The van der Waals surface area contributed by atoms with Crippen molar-refractivity contribution in [1.29, 1.82) is 0 Å². The molecule has 0 fully saturated rings. The highest BCUT2D eigenvalue weighted by Crippen LogP contribution is 2.37. The Labute approximate surface area is 173 Å². The van der Waals surface area contributed by atoms with E-state index in [0.29, 0.717) is 16.3 Å². The molecule has 1 N–H and O–H groups in total. The third-order valence-corrected chi connectivity index (χ3v) is 6.77. The van der Waals surface area contributed by atoms with Crippen LogP contribution in [0.5, 0.6) is 0 Å². The number of ether oxygens (including phenoxy) is 1. The van der Waals surface area contributed by atoms with Gasteiger partial charge in [-0.1, -0.05) is 12.1 Å². The van der Waals surface area contributed by atoms with Crippen LogP contribution in [0.2, 0.25) is 0 Å². The lowest BCUT2D eigenvalue weighted by molar-refractivity contribution is -0.131. The summed E-state index contributed by atoms with van der Waals surface area (Å²) in [5.74, 6) is -1.20. The molecule has 0 bridgehead atoms. The monoisotopic (exact) mass is 412 g/mol. The normalized spacial score (nSPS) is 18.3. The molecule has 2 aliphatic rings. The Balaban J connectivity index is 1.56. The summed E-state index contributed by atoms with van der Waals surface area (Å²) >= 11 is 1.46. The summed E-state index contributed by atoms with van der Waals surface area (Å²) in [7, 11) is 0. The average molecular weight is 413 g/mol. The van der Waals surface area contributed by atoms with E-state index in [1.807, 2.05) is 6.07 Å². The first-order valence-electron chi connectivity index (χ1n) is 9.86. The Morgan fingerprint density at radius 3 is 2.69 bits per heavy atom. The highest BCUT2D eigenvalue weighted by atomic mass is 32.1. The van der Waals surface area contributed by atoms with Crippen LogP contribution in [0, 0.1) is 0 Å². The van der Waals surface area contributed by atoms with E-state index in [9.17, 15) is 14.4 Å². The molecule has 2 aromatic rings. The molecule has 6 nitrogen and oxygen atoms in total. The maximum atomic E-state index is 13.3. The van der Waals surface area contributed by atoms with Gasteiger partial charge in [0.05, 0.1) is 11.4 Å². The number of carbonyl (C=O) groups excluding carboxylic acids is 3. The van der Waals surface area contributed by atoms with Crippen LogP contribution >= 0.6 is 11.3 Å². The quantitative estimate of drug-likeness (QED) is 0.775. The van der Waals surface area contributed by atoms with Crippen LogP contribution in [0.4, 0.5) is 11.4 Å². The molecule has 0 saturated carbocycles. The fourth-order valence-electron chi connectivity index (χ4n) is 3.89. The largest absolute Gasteiger partial charge is 0.448 e. The molecule has 29 heavy (non-hydrogen) atoms. The summed E-state index contributed by atoms with van der Waals surface area (Å²) in [4.78, 5) is 41.7. The number of nitrogens with one attached hydrogen (secondary N) is 1. The second-order valence-corrected chi connectivity index (χ2v) is 9.15. The Morgan fingerprint density at radius 2 is 1.93 bits per heavy atom. The first-order chi connectivity index (χ1) is 13.8. The number of carbonyl (C=O) groups is 3. The van der Waals surface area contributed by atoms with Gasteiger partial charge < -0.3 is 10.1 Å². The molecule has 0 radical (unpaired) electrons. The number of amides is 2. The Bertz CT molecular complexity index is 971. The van der Waals surface area contributed by atoms with Gasteiger partial charge in [0.25, 0.3) is 5.91 Å². The zero-order valence-electron chi connectivity index (χ0n) is 16.8. The van der Waals surface area contributed by atoms with Gasteiger partial charge in [-0.3, -0.25) is 14.5 Å². The van der Waals surface area contributed by atoms with Crippen molar-refractivity contribution < 1.29 is 19.1 Å². The number of esters is 1. The first-order valence-corrected chi connectivity index (χ1v) is 10.7. The minimum Gasteiger partial charge on any atom is -0.448 e. The summed E-state index contributed by atoms with van der Waals surface area (Å²) in [6.07, 6.45) is 3.25. The second-order valence-electron chi connectivity index (χ2n) is 8.02. The van der Waals surface area contributed by atoms with Gasteiger partial charge in [-0.2, -0.15) is 0 Å².